The van der Waals surface area contributed by atoms with Crippen LogP contribution in [0.15, 0.2) is 36.4 Å². The summed E-state index contributed by atoms with van der Waals surface area (Å²) < 4.78 is 0. The van der Waals surface area contributed by atoms with Crippen molar-refractivity contribution in [2.75, 3.05) is 13.1 Å². The Hall–Kier alpha value is -1.48. The normalized spacial score (nSPS) is 14.8. The maximum absolute atomic E-state index is 6.44. The minimum absolute atomic E-state index is 0.665. The van der Waals surface area contributed by atoms with E-state index in [4.69, 9.17) is 23.2 Å². The van der Waals surface area contributed by atoms with Crippen molar-refractivity contribution in [1.29, 1.82) is 0 Å². The first kappa shape index (κ1) is 14.1. The van der Waals surface area contributed by atoms with E-state index in [1.807, 2.05) is 18.2 Å². The molecule has 0 fully saturated rings. The number of rotatable bonds is 1. The van der Waals surface area contributed by atoms with Crippen LogP contribution >= 0.6 is 23.2 Å². The highest BCUT2D eigenvalue weighted by Crippen LogP contribution is 2.38. The first-order valence-corrected chi connectivity index (χ1v) is 8.28. The van der Waals surface area contributed by atoms with Crippen molar-refractivity contribution in [2.24, 2.45) is 0 Å². The van der Waals surface area contributed by atoms with E-state index in [0.717, 1.165) is 31.5 Å². The molecule has 4 rings (SSSR count). The fraction of sp³-hybridized carbons (Fsp3) is 0.222. The number of nitrogens with one attached hydrogen (secondary N) is 2. The molecule has 1 aromatic heterocycles. The molecule has 1 aliphatic rings. The summed E-state index contributed by atoms with van der Waals surface area (Å²) in [4.78, 5) is 3.59. The van der Waals surface area contributed by atoms with E-state index in [1.165, 1.54) is 27.7 Å². The van der Waals surface area contributed by atoms with Crippen LogP contribution in [0.3, 0.4) is 0 Å². The topological polar surface area (TPSA) is 27.8 Å². The smallest absolute Gasteiger partial charge is 0.0499 e. The summed E-state index contributed by atoms with van der Waals surface area (Å²) in [6, 6.07) is 12.1. The summed E-state index contributed by atoms with van der Waals surface area (Å²) in [5.74, 6) is 0. The molecule has 2 nitrogen and oxygen atoms in total. The molecule has 0 bridgehead atoms. The molecule has 0 saturated heterocycles. The Morgan fingerprint density at radius 2 is 1.77 bits per heavy atom. The van der Waals surface area contributed by atoms with Crippen molar-refractivity contribution in [3.05, 3.63) is 57.7 Å². The first-order chi connectivity index (χ1) is 10.7. The zero-order chi connectivity index (χ0) is 15.1. The van der Waals surface area contributed by atoms with Gasteiger partial charge in [0.05, 0.1) is 0 Å². The number of aromatic amines is 1. The summed E-state index contributed by atoms with van der Waals surface area (Å²) in [6.07, 6.45) is 2.08. The van der Waals surface area contributed by atoms with Crippen LogP contribution < -0.4 is 5.32 Å². The second-order valence-electron chi connectivity index (χ2n) is 5.68. The first-order valence-electron chi connectivity index (χ1n) is 7.52. The maximum atomic E-state index is 6.44. The van der Waals surface area contributed by atoms with E-state index >= 15 is 0 Å². The quantitative estimate of drug-likeness (QED) is 0.657. The zero-order valence-corrected chi connectivity index (χ0v) is 13.6. The van der Waals surface area contributed by atoms with Gasteiger partial charge in [0.15, 0.2) is 0 Å². The van der Waals surface area contributed by atoms with Gasteiger partial charge in [0.1, 0.15) is 0 Å². The third kappa shape index (κ3) is 2.32. The summed E-state index contributed by atoms with van der Waals surface area (Å²) in [5.41, 5.74) is 6.17. The van der Waals surface area contributed by atoms with E-state index in [2.05, 4.69) is 28.5 Å². The molecule has 4 heteroatoms. The SMILES string of the molecule is Clc1ccc(-c2cccc3[nH]c4c(c23)CCNCC4)c(Cl)c1. The highest BCUT2D eigenvalue weighted by atomic mass is 35.5. The fourth-order valence-electron chi connectivity index (χ4n) is 3.34. The molecule has 2 N–H and O–H groups in total. The van der Waals surface area contributed by atoms with Crippen molar-refractivity contribution in [2.45, 2.75) is 12.8 Å². The lowest BCUT2D eigenvalue weighted by molar-refractivity contribution is 0.708. The number of hydrogen-bond donors (Lipinski definition) is 2. The minimum Gasteiger partial charge on any atom is -0.358 e. The summed E-state index contributed by atoms with van der Waals surface area (Å²) in [6.45, 7) is 2.04. The lowest BCUT2D eigenvalue weighted by Crippen LogP contribution is -2.16. The van der Waals surface area contributed by atoms with Crippen LogP contribution in [0.4, 0.5) is 0 Å². The number of H-pyrrole nitrogens is 1. The van der Waals surface area contributed by atoms with Gasteiger partial charge in [-0.25, -0.2) is 0 Å². The fourth-order valence-corrected chi connectivity index (χ4v) is 3.85. The second kappa shape index (κ2) is 5.62. The Morgan fingerprint density at radius 1 is 0.909 bits per heavy atom. The number of fused-ring (bicyclic) bond motifs is 3. The van der Waals surface area contributed by atoms with Gasteiger partial charge < -0.3 is 10.3 Å². The van der Waals surface area contributed by atoms with E-state index in [0.29, 0.717) is 10.0 Å². The zero-order valence-electron chi connectivity index (χ0n) is 12.0. The van der Waals surface area contributed by atoms with Crippen molar-refractivity contribution < 1.29 is 0 Å². The Kier molecular flexibility index (Phi) is 3.61. The lowest BCUT2D eigenvalue weighted by Gasteiger charge is -2.09. The molecule has 0 atom stereocenters. The van der Waals surface area contributed by atoms with Gasteiger partial charge in [0, 0.05) is 45.2 Å². The average Bonchev–Trinajstić information content (AvgIpc) is 2.70. The van der Waals surface area contributed by atoms with Crippen molar-refractivity contribution in [3.63, 3.8) is 0 Å². The summed E-state index contributed by atoms with van der Waals surface area (Å²) >= 11 is 12.5. The lowest BCUT2D eigenvalue weighted by atomic mass is 9.97. The van der Waals surface area contributed by atoms with Crippen LogP contribution in [-0.4, -0.2) is 18.1 Å². The van der Waals surface area contributed by atoms with E-state index < -0.39 is 0 Å². The van der Waals surface area contributed by atoms with Crippen LogP contribution in [0.25, 0.3) is 22.0 Å². The Bertz CT molecular complexity index is 852. The van der Waals surface area contributed by atoms with Crippen LogP contribution in [0.1, 0.15) is 11.3 Å². The molecule has 2 aromatic carbocycles. The predicted molar refractivity (Wildman–Crippen MR) is 94.0 cm³/mol. The molecule has 0 amide bonds. The second-order valence-corrected chi connectivity index (χ2v) is 6.53. The van der Waals surface area contributed by atoms with E-state index in [-0.39, 0.29) is 0 Å². The van der Waals surface area contributed by atoms with Gasteiger partial charge in [-0.1, -0.05) is 41.4 Å². The van der Waals surface area contributed by atoms with Crippen molar-refractivity contribution >= 4 is 34.1 Å². The molecular weight excluding hydrogens is 315 g/mol. The largest absolute Gasteiger partial charge is 0.358 e. The van der Waals surface area contributed by atoms with Gasteiger partial charge in [-0.2, -0.15) is 0 Å². The van der Waals surface area contributed by atoms with E-state index in [1.54, 1.807) is 0 Å². The molecule has 112 valence electrons. The molecule has 0 radical (unpaired) electrons. The maximum Gasteiger partial charge on any atom is 0.0499 e. The molecule has 0 saturated carbocycles. The van der Waals surface area contributed by atoms with Gasteiger partial charge in [-0.15, -0.1) is 0 Å². The molecule has 3 aromatic rings. The monoisotopic (exact) mass is 330 g/mol. The number of halogens is 2. The van der Waals surface area contributed by atoms with Crippen molar-refractivity contribution in [3.8, 4) is 11.1 Å². The molecule has 1 aliphatic heterocycles. The number of aromatic nitrogens is 1. The number of benzene rings is 2. The molecule has 0 unspecified atom stereocenters. The van der Waals surface area contributed by atoms with Crippen LogP contribution in [0.5, 0.6) is 0 Å². The predicted octanol–water partition coefficient (Wildman–Crippen LogP) is 4.83. The Balaban J connectivity index is 1.99. The molecule has 0 spiro atoms. The van der Waals surface area contributed by atoms with Crippen LogP contribution in [-0.2, 0) is 12.8 Å². The molecule has 0 aliphatic carbocycles. The van der Waals surface area contributed by atoms with Crippen LogP contribution in [0, 0.1) is 0 Å². The summed E-state index contributed by atoms with van der Waals surface area (Å²) in [5, 5.41) is 6.12. The van der Waals surface area contributed by atoms with E-state index in [9.17, 15) is 0 Å². The Labute approximate surface area is 139 Å². The van der Waals surface area contributed by atoms with Gasteiger partial charge in [0.25, 0.3) is 0 Å². The highest BCUT2D eigenvalue weighted by molar-refractivity contribution is 6.36. The average molecular weight is 331 g/mol. The standard InChI is InChI=1S/C18H16Cl2N2/c19-11-4-5-12(15(20)10-11)13-2-1-3-17-18(13)14-6-8-21-9-7-16(14)22-17/h1-5,10,21-22H,6-9H2. The van der Waals surface area contributed by atoms with Gasteiger partial charge in [-0.05, 0) is 42.3 Å². The molecule has 2 heterocycles. The third-order valence-electron chi connectivity index (χ3n) is 4.34. The number of hydrogen-bond acceptors (Lipinski definition) is 1. The molecule has 22 heavy (non-hydrogen) atoms. The van der Waals surface area contributed by atoms with Gasteiger partial charge in [-0.3, -0.25) is 0 Å². The Morgan fingerprint density at radius 3 is 2.64 bits per heavy atom. The molecular formula is C18H16Cl2N2. The van der Waals surface area contributed by atoms with Crippen LogP contribution in [0.2, 0.25) is 10.0 Å². The third-order valence-corrected chi connectivity index (χ3v) is 4.89. The van der Waals surface area contributed by atoms with Gasteiger partial charge >= 0.3 is 0 Å². The minimum atomic E-state index is 0.665. The van der Waals surface area contributed by atoms with Gasteiger partial charge in [0.2, 0.25) is 0 Å². The van der Waals surface area contributed by atoms with Crippen molar-refractivity contribution in [1.82, 2.24) is 10.3 Å². The highest BCUT2D eigenvalue weighted by Gasteiger charge is 2.18. The summed E-state index contributed by atoms with van der Waals surface area (Å²) in [7, 11) is 0.